The van der Waals surface area contributed by atoms with Gasteiger partial charge in [0.05, 0.1) is 0 Å². The maximum Gasteiger partial charge on any atom is 0.222 e. The van der Waals surface area contributed by atoms with Crippen LogP contribution in [-0.4, -0.2) is 50.1 Å². The van der Waals surface area contributed by atoms with Crippen LogP contribution in [0.1, 0.15) is 33.6 Å². The quantitative estimate of drug-likeness (QED) is 0.698. The van der Waals surface area contributed by atoms with E-state index in [2.05, 4.69) is 29.5 Å². The predicted octanol–water partition coefficient (Wildman–Crippen LogP) is 1.08. The summed E-state index contributed by atoms with van der Waals surface area (Å²) in [6.45, 7) is 10.1. The monoisotopic (exact) mass is 255 g/mol. The molecular weight excluding hydrogens is 226 g/mol. The maximum atomic E-state index is 11.4. The minimum atomic E-state index is 0.0782. The molecule has 0 aromatic carbocycles. The van der Waals surface area contributed by atoms with Gasteiger partial charge < -0.3 is 15.5 Å². The number of likely N-dealkylation sites (tertiary alicyclic amines) is 1. The summed E-state index contributed by atoms with van der Waals surface area (Å²) in [5.74, 6) is 0.959. The zero-order chi connectivity index (χ0) is 13.5. The van der Waals surface area contributed by atoms with Gasteiger partial charge in [-0.25, -0.2) is 0 Å². The minimum Gasteiger partial charge on any atom is -0.355 e. The Morgan fingerprint density at radius 3 is 2.67 bits per heavy atom. The molecule has 4 heteroatoms. The standard InChI is InChI=1S/C14H29N3O/c1-11(2)14(18)16-8-7-15-12(3)13-6-5-9-17(4)10-13/h11-13,15H,5-10H2,1-4H3,(H,16,18). The third-order valence-electron chi connectivity index (χ3n) is 3.78. The lowest BCUT2D eigenvalue weighted by molar-refractivity contribution is -0.123. The van der Waals surface area contributed by atoms with Crippen molar-refractivity contribution in [3.63, 3.8) is 0 Å². The Balaban J connectivity index is 2.13. The highest BCUT2D eigenvalue weighted by Crippen LogP contribution is 2.18. The van der Waals surface area contributed by atoms with Crippen molar-refractivity contribution in [2.24, 2.45) is 11.8 Å². The molecule has 0 spiro atoms. The third-order valence-corrected chi connectivity index (χ3v) is 3.78. The van der Waals surface area contributed by atoms with E-state index in [1.54, 1.807) is 0 Å². The summed E-state index contributed by atoms with van der Waals surface area (Å²) in [6.07, 6.45) is 2.62. The molecule has 0 bridgehead atoms. The number of nitrogens with one attached hydrogen (secondary N) is 2. The van der Waals surface area contributed by atoms with Gasteiger partial charge in [-0.15, -0.1) is 0 Å². The number of carbonyl (C=O) groups is 1. The molecule has 18 heavy (non-hydrogen) atoms. The van der Waals surface area contributed by atoms with Crippen LogP contribution in [-0.2, 0) is 4.79 Å². The van der Waals surface area contributed by atoms with Crippen LogP contribution in [0.15, 0.2) is 0 Å². The number of hydrogen-bond acceptors (Lipinski definition) is 3. The van der Waals surface area contributed by atoms with Crippen molar-refractivity contribution in [2.45, 2.75) is 39.7 Å². The second-order valence-corrected chi connectivity index (χ2v) is 5.85. The van der Waals surface area contributed by atoms with E-state index in [0.717, 1.165) is 19.0 Å². The van der Waals surface area contributed by atoms with Gasteiger partial charge in [-0.05, 0) is 39.3 Å². The molecule has 0 aromatic heterocycles. The molecule has 0 saturated carbocycles. The van der Waals surface area contributed by atoms with Crippen LogP contribution in [0.5, 0.6) is 0 Å². The molecular formula is C14H29N3O. The first-order valence-electron chi connectivity index (χ1n) is 7.20. The van der Waals surface area contributed by atoms with E-state index in [1.807, 2.05) is 13.8 Å². The van der Waals surface area contributed by atoms with Gasteiger partial charge in [-0.3, -0.25) is 4.79 Å². The molecule has 2 unspecified atom stereocenters. The molecule has 2 N–H and O–H groups in total. The Morgan fingerprint density at radius 1 is 1.33 bits per heavy atom. The maximum absolute atomic E-state index is 11.4. The summed E-state index contributed by atoms with van der Waals surface area (Å²) >= 11 is 0. The van der Waals surface area contributed by atoms with Crippen LogP contribution in [0.3, 0.4) is 0 Å². The SMILES string of the molecule is CC(C)C(=O)NCCNC(C)C1CCCN(C)C1. The number of hydrogen-bond donors (Lipinski definition) is 2. The summed E-state index contributed by atoms with van der Waals surface area (Å²) in [5, 5.41) is 6.46. The van der Waals surface area contributed by atoms with Crippen LogP contribution in [0.2, 0.25) is 0 Å². The summed E-state index contributed by atoms with van der Waals surface area (Å²) in [5.41, 5.74) is 0. The molecule has 0 aromatic rings. The lowest BCUT2D eigenvalue weighted by Gasteiger charge is -2.34. The average molecular weight is 255 g/mol. The van der Waals surface area contributed by atoms with Crippen LogP contribution in [0.4, 0.5) is 0 Å². The Bertz CT molecular complexity index is 255. The number of amides is 1. The molecule has 1 heterocycles. The number of nitrogens with zero attached hydrogens (tertiary/aromatic N) is 1. The molecule has 1 aliphatic heterocycles. The second kappa shape index (κ2) is 7.74. The van der Waals surface area contributed by atoms with E-state index in [9.17, 15) is 4.79 Å². The first kappa shape index (κ1) is 15.4. The topological polar surface area (TPSA) is 44.4 Å². The first-order chi connectivity index (χ1) is 8.50. The molecule has 1 amide bonds. The Morgan fingerprint density at radius 2 is 2.06 bits per heavy atom. The van der Waals surface area contributed by atoms with Crippen molar-refractivity contribution in [1.82, 2.24) is 15.5 Å². The molecule has 4 nitrogen and oxygen atoms in total. The summed E-state index contributed by atoms with van der Waals surface area (Å²) in [4.78, 5) is 13.8. The van der Waals surface area contributed by atoms with E-state index >= 15 is 0 Å². The van der Waals surface area contributed by atoms with Gasteiger partial charge in [0.25, 0.3) is 0 Å². The van der Waals surface area contributed by atoms with Gasteiger partial charge >= 0.3 is 0 Å². The second-order valence-electron chi connectivity index (χ2n) is 5.85. The van der Waals surface area contributed by atoms with Crippen molar-refractivity contribution in [1.29, 1.82) is 0 Å². The fraction of sp³-hybridized carbons (Fsp3) is 0.929. The summed E-state index contributed by atoms with van der Waals surface area (Å²) in [7, 11) is 2.20. The van der Waals surface area contributed by atoms with Gasteiger partial charge in [0.15, 0.2) is 0 Å². The highest BCUT2D eigenvalue weighted by Gasteiger charge is 2.22. The Kier molecular flexibility index (Phi) is 6.65. The minimum absolute atomic E-state index is 0.0782. The normalized spacial score (nSPS) is 23.1. The van der Waals surface area contributed by atoms with Crippen LogP contribution < -0.4 is 10.6 Å². The highest BCUT2D eigenvalue weighted by atomic mass is 16.1. The number of carbonyl (C=O) groups excluding carboxylic acids is 1. The lowest BCUT2D eigenvalue weighted by atomic mass is 9.92. The Labute approximate surface area is 111 Å². The average Bonchev–Trinajstić information content (AvgIpc) is 2.33. The van der Waals surface area contributed by atoms with Gasteiger partial charge in [0, 0.05) is 31.6 Å². The van der Waals surface area contributed by atoms with Crippen LogP contribution >= 0.6 is 0 Å². The fourth-order valence-electron chi connectivity index (χ4n) is 2.47. The summed E-state index contributed by atoms with van der Waals surface area (Å²) < 4.78 is 0. The van der Waals surface area contributed by atoms with Crippen molar-refractivity contribution < 1.29 is 4.79 Å². The van der Waals surface area contributed by atoms with E-state index in [-0.39, 0.29) is 11.8 Å². The predicted molar refractivity (Wildman–Crippen MR) is 75.5 cm³/mol. The van der Waals surface area contributed by atoms with Crippen molar-refractivity contribution in [3.05, 3.63) is 0 Å². The molecule has 1 fully saturated rings. The highest BCUT2D eigenvalue weighted by molar-refractivity contribution is 5.77. The molecule has 1 saturated heterocycles. The fourth-order valence-corrected chi connectivity index (χ4v) is 2.47. The van der Waals surface area contributed by atoms with E-state index in [4.69, 9.17) is 0 Å². The molecule has 106 valence electrons. The van der Waals surface area contributed by atoms with Crippen molar-refractivity contribution in [2.75, 3.05) is 33.2 Å². The van der Waals surface area contributed by atoms with Crippen LogP contribution in [0, 0.1) is 11.8 Å². The largest absolute Gasteiger partial charge is 0.355 e. The van der Waals surface area contributed by atoms with E-state index in [1.165, 1.54) is 25.9 Å². The van der Waals surface area contributed by atoms with Gasteiger partial charge in [0.2, 0.25) is 5.91 Å². The van der Waals surface area contributed by atoms with E-state index in [0.29, 0.717) is 6.04 Å². The zero-order valence-electron chi connectivity index (χ0n) is 12.3. The molecule has 0 radical (unpaired) electrons. The third kappa shape index (κ3) is 5.36. The van der Waals surface area contributed by atoms with Gasteiger partial charge in [0.1, 0.15) is 0 Å². The Hall–Kier alpha value is -0.610. The molecule has 0 aliphatic carbocycles. The zero-order valence-corrected chi connectivity index (χ0v) is 12.3. The van der Waals surface area contributed by atoms with Crippen LogP contribution in [0.25, 0.3) is 0 Å². The number of piperidine rings is 1. The van der Waals surface area contributed by atoms with Crippen molar-refractivity contribution >= 4 is 5.91 Å². The van der Waals surface area contributed by atoms with Gasteiger partial charge in [-0.2, -0.15) is 0 Å². The van der Waals surface area contributed by atoms with Crippen molar-refractivity contribution in [3.8, 4) is 0 Å². The molecule has 2 atom stereocenters. The first-order valence-corrected chi connectivity index (χ1v) is 7.20. The van der Waals surface area contributed by atoms with Gasteiger partial charge in [-0.1, -0.05) is 13.8 Å². The smallest absolute Gasteiger partial charge is 0.222 e. The number of rotatable bonds is 6. The lowest BCUT2D eigenvalue weighted by Crippen LogP contribution is -2.45. The summed E-state index contributed by atoms with van der Waals surface area (Å²) in [6, 6.07) is 0.531. The molecule has 1 aliphatic rings. The molecule has 1 rings (SSSR count). The van der Waals surface area contributed by atoms with E-state index < -0.39 is 0 Å².